The normalized spacial score (nSPS) is 11.1. The second-order valence-corrected chi connectivity index (χ2v) is 3.83. The molecule has 1 N–H and O–H groups in total. The van der Waals surface area contributed by atoms with Gasteiger partial charge in [-0.2, -0.15) is 5.10 Å². The third-order valence-electron chi connectivity index (χ3n) is 1.88. The molecule has 3 nitrogen and oxygen atoms in total. The first-order chi connectivity index (χ1) is 6.72. The van der Waals surface area contributed by atoms with Crippen LogP contribution in [0.4, 0.5) is 4.39 Å². The highest BCUT2D eigenvalue weighted by molar-refractivity contribution is 5.03. The number of nitrogens with zero attached hydrogens (tertiary/aromatic N) is 2. The van der Waals surface area contributed by atoms with Crippen molar-refractivity contribution in [3.63, 3.8) is 0 Å². The smallest absolute Gasteiger partial charge is 0.109 e. The van der Waals surface area contributed by atoms with Crippen LogP contribution in [0.1, 0.15) is 19.4 Å². The van der Waals surface area contributed by atoms with Gasteiger partial charge in [0.25, 0.3) is 0 Å². The molecule has 1 rings (SSSR count). The number of alkyl halides is 1. The summed E-state index contributed by atoms with van der Waals surface area (Å²) in [7, 11) is 0. The highest BCUT2D eigenvalue weighted by atomic mass is 19.1. The van der Waals surface area contributed by atoms with Gasteiger partial charge in [0.2, 0.25) is 0 Å². The molecule has 0 radical (unpaired) electrons. The fourth-order valence-electron chi connectivity index (χ4n) is 1.21. The molecule has 0 unspecified atom stereocenters. The van der Waals surface area contributed by atoms with Crippen LogP contribution in [-0.2, 0) is 13.1 Å². The zero-order chi connectivity index (χ0) is 10.4. The molecule has 0 aliphatic heterocycles. The molecule has 1 aromatic heterocycles. The van der Waals surface area contributed by atoms with E-state index < -0.39 is 0 Å². The molecule has 0 saturated heterocycles. The molecule has 0 spiro atoms. The maximum atomic E-state index is 12.0. The summed E-state index contributed by atoms with van der Waals surface area (Å²) in [5, 5.41) is 7.35. The standard InChI is InChI=1S/C10H18FN3/c1-9(2)5-12-6-10-7-13-14(8-10)4-3-11/h7-9,12H,3-6H2,1-2H3. The molecule has 0 aliphatic rings. The van der Waals surface area contributed by atoms with Gasteiger partial charge in [0, 0.05) is 18.3 Å². The van der Waals surface area contributed by atoms with Crippen molar-refractivity contribution in [3.8, 4) is 0 Å². The molecule has 1 heterocycles. The van der Waals surface area contributed by atoms with Crippen LogP contribution in [0.5, 0.6) is 0 Å². The third-order valence-corrected chi connectivity index (χ3v) is 1.88. The topological polar surface area (TPSA) is 29.9 Å². The monoisotopic (exact) mass is 199 g/mol. The average molecular weight is 199 g/mol. The third kappa shape index (κ3) is 3.87. The predicted octanol–water partition coefficient (Wildman–Crippen LogP) is 1.60. The van der Waals surface area contributed by atoms with E-state index in [0.29, 0.717) is 12.5 Å². The van der Waals surface area contributed by atoms with E-state index >= 15 is 0 Å². The van der Waals surface area contributed by atoms with Crippen molar-refractivity contribution in [2.45, 2.75) is 26.9 Å². The van der Waals surface area contributed by atoms with Gasteiger partial charge in [-0.15, -0.1) is 0 Å². The molecular weight excluding hydrogens is 181 g/mol. The Morgan fingerprint density at radius 2 is 2.36 bits per heavy atom. The van der Waals surface area contributed by atoms with Crippen LogP contribution in [0.25, 0.3) is 0 Å². The number of rotatable bonds is 6. The Kier molecular flexibility index (Phi) is 4.59. The summed E-state index contributed by atoms with van der Waals surface area (Å²) in [5.74, 6) is 0.649. The molecule has 0 fully saturated rings. The number of halogens is 1. The second-order valence-electron chi connectivity index (χ2n) is 3.83. The Labute approximate surface area is 84.3 Å². The first kappa shape index (κ1) is 11.2. The number of nitrogens with one attached hydrogen (secondary N) is 1. The van der Waals surface area contributed by atoms with Gasteiger partial charge in [-0.25, -0.2) is 4.39 Å². The van der Waals surface area contributed by atoms with Crippen LogP contribution >= 0.6 is 0 Å². The van der Waals surface area contributed by atoms with Crippen molar-refractivity contribution in [1.82, 2.24) is 15.1 Å². The molecular formula is C10H18FN3. The first-order valence-electron chi connectivity index (χ1n) is 5.00. The summed E-state index contributed by atoms with van der Waals surface area (Å²) in [6.45, 7) is 6.13. The molecule has 0 aliphatic carbocycles. The lowest BCUT2D eigenvalue weighted by Crippen LogP contribution is -2.18. The largest absolute Gasteiger partial charge is 0.312 e. The maximum Gasteiger partial charge on any atom is 0.109 e. The van der Waals surface area contributed by atoms with Crippen molar-refractivity contribution >= 4 is 0 Å². The van der Waals surface area contributed by atoms with Gasteiger partial charge in [0.05, 0.1) is 12.7 Å². The summed E-state index contributed by atoms with van der Waals surface area (Å²) in [4.78, 5) is 0. The van der Waals surface area contributed by atoms with Gasteiger partial charge in [0.15, 0.2) is 0 Å². The van der Waals surface area contributed by atoms with E-state index in [4.69, 9.17) is 0 Å². The van der Waals surface area contributed by atoms with Crippen LogP contribution in [0.15, 0.2) is 12.4 Å². The lowest BCUT2D eigenvalue weighted by Gasteiger charge is -2.04. The summed E-state index contributed by atoms with van der Waals surface area (Å²) in [5.41, 5.74) is 1.11. The number of hydrogen-bond acceptors (Lipinski definition) is 2. The van der Waals surface area contributed by atoms with Crippen LogP contribution < -0.4 is 5.32 Å². The van der Waals surface area contributed by atoms with E-state index in [1.54, 1.807) is 10.9 Å². The van der Waals surface area contributed by atoms with Crippen molar-refractivity contribution in [2.24, 2.45) is 5.92 Å². The van der Waals surface area contributed by atoms with Crippen molar-refractivity contribution in [2.75, 3.05) is 13.2 Å². The molecule has 0 saturated carbocycles. The van der Waals surface area contributed by atoms with Crippen LogP contribution in [0, 0.1) is 5.92 Å². The SMILES string of the molecule is CC(C)CNCc1cnn(CCF)c1. The molecule has 80 valence electrons. The summed E-state index contributed by atoms with van der Waals surface area (Å²) < 4.78 is 13.6. The highest BCUT2D eigenvalue weighted by Gasteiger charge is 1.98. The quantitative estimate of drug-likeness (QED) is 0.754. The highest BCUT2D eigenvalue weighted by Crippen LogP contribution is 1.98. The van der Waals surface area contributed by atoms with E-state index in [1.807, 2.05) is 6.20 Å². The van der Waals surface area contributed by atoms with Crippen LogP contribution in [0.2, 0.25) is 0 Å². The van der Waals surface area contributed by atoms with E-state index in [2.05, 4.69) is 24.3 Å². The fraction of sp³-hybridized carbons (Fsp3) is 0.700. The first-order valence-corrected chi connectivity index (χ1v) is 5.00. The number of hydrogen-bond donors (Lipinski definition) is 1. The number of aromatic nitrogens is 2. The van der Waals surface area contributed by atoms with Gasteiger partial charge in [-0.3, -0.25) is 4.68 Å². The summed E-state index contributed by atoms with van der Waals surface area (Å²) in [6, 6.07) is 0. The molecule has 0 atom stereocenters. The van der Waals surface area contributed by atoms with Gasteiger partial charge in [-0.1, -0.05) is 13.8 Å². The minimum absolute atomic E-state index is 0.351. The molecule has 0 bridgehead atoms. The van der Waals surface area contributed by atoms with Gasteiger partial charge < -0.3 is 5.32 Å². The Morgan fingerprint density at radius 3 is 3.00 bits per heavy atom. The lowest BCUT2D eigenvalue weighted by molar-refractivity contribution is 0.427. The van der Waals surface area contributed by atoms with Crippen molar-refractivity contribution in [1.29, 1.82) is 0 Å². The Morgan fingerprint density at radius 1 is 1.57 bits per heavy atom. The van der Waals surface area contributed by atoms with E-state index in [0.717, 1.165) is 18.7 Å². The Hall–Kier alpha value is -0.900. The van der Waals surface area contributed by atoms with E-state index in [9.17, 15) is 4.39 Å². The number of aryl methyl sites for hydroxylation is 1. The molecule has 0 amide bonds. The van der Waals surface area contributed by atoms with Gasteiger partial charge >= 0.3 is 0 Å². The maximum absolute atomic E-state index is 12.0. The van der Waals surface area contributed by atoms with Gasteiger partial charge in [0.1, 0.15) is 6.67 Å². The van der Waals surface area contributed by atoms with Crippen LogP contribution in [0.3, 0.4) is 0 Å². The van der Waals surface area contributed by atoms with E-state index in [1.165, 1.54) is 0 Å². The predicted molar refractivity (Wildman–Crippen MR) is 54.7 cm³/mol. The molecule has 14 heavy (non-hydrogen) atoms. The zero-order valence-corrected chi connectivity index (χ0v) is 8.83. The average Bonchev–Trinajstić information content (AvgIpc) is 2.53. The minimum atomic E-state index is -0.361. The Balaban J connectivity index is 2.28. The van der Waals surface area contributed by atoms with Crippen molar-refractivity contribution in [3.05, 3.63) is 18.0 Å². The fourth-order valence-corrected chi connectivity index (χ4v) is 1.21. The van der Waals surface area contributed by atoms with Crippen molar-refractivity contribution < 1.29 is 4.39 Å². The molecule has 1 aromatic rings. The molecule has 4 heteroatoms. The van der Waals surface area contributed by atoms with Gasteiger partial charge in [-0.05, 0) is 12.5 Å². The summed E-state index contributed by atoms with van der Waals surface area (Å²) >= 11 is 0. The Bertz CT molecular complexity index is 258. The van der Waals surface area contributed by atoms with Crippen LogP contribution in [-0.4, -0.2) is 23.0 Å². The minimum Gasteiger partial charge on any atom is -0.312 e. The lowest BCUT2D eigenvalue weighted by atomic mass is 10.2. The molecule has 0 aromatic carbocycles. The van der Waals surface area contributed by atoms with E-state index in [-0.39, 0.29) is 6.67 Å². The summed E-state index contributed by atoms with van der Waals surface area (Å²) in [6.07, 6.45) is 3.66. The second kappa shape index (κ2) is 5.75. The zero-order valence-electron chi connectivity index (χ0n) is 8.83.